The molecule has 12 heteroatoms. The Labute approximate surface area is 200 Å². The minimum absolute atomic E-state index is 0.0561. The number of ether oxygens (including phenoxy) is 2. The molecule has 0 unspecified atom stereocenters. The number of aromatic nitrogens is 4. The number of hydrogen-bond acceptors (Lipinski definition) is 9. The van der Waals surface area contributed by atoms with Gasteiger partial charge in [0, 0.05) is 19.2 Å². The molecule has 5 heterocycles. The van der Waals surface area contributed by atoms with Crippen molar-refractivity contribution in [3.8, 4) is 5.75 Å². The summed E-state index contributed by atoms with van der Waals surface area (Å²) in [5, 5.41) is 3.07. The number of anilines is 3. The first kappa shape index (κ1) is 22.9. The van der Waals surface area contributed by atoms with Crippen molar-refractivity contribution in [3.63, 3.8) is 0 Å². The summed E-state index contributed by atoms with van der Waals surface area (Å²) in [6.45, 7) is 3.84. The molecule has 2 aliphatic rings. The third-order valence-corrected chi connectivity index (χ3v) is 5.83. The summed E-state index contributed by atoms with van der Waals surface area (Å²) in [4.78, 5) is 33.8. The van der Waals surface area contributed by atoms with Crippen LogP contribution in [0.4, 0.5) is 30.9 Å². The number of nitrogens with one attached hydrogen (secondary N) is 1. The van der Waals surface area contributed by atoms with Gasteiger partial charge in [-0.25, -0.2) is 19.7 Å². The molecule has 2 bridgehead atoms. The number of amides is 1. The van der Waals surface area contributed by atoms with Gasteiger partial charge in [-0.3, -0.25) is 4.98 Å². The van der Waals surface area contributed by atoms with Gasteiger partial charge in [0.2, 0.25) is 0 Å². The summed E-state index contributed by atoms with van der Waals surface area (Å²) < 4.78 is 35.1. The molecule has 0 aromatic carbocycles. The third-order valence-electron chi connectivity index (χ3n) is 5.83. The monoisotopic (exact) mass is 485 g/mol. The molecular formula is C23H25F2N7O3. The van der Waals surface area contributed by atoms with Crippen molar-refractivity contribution >= 4 is 34.4 Å². The smallest absolute Gasteiger partial charge is 0.410 e. The second kappa shape index (κ2) is 8.75. The second-order valence-corrected chi connectivity index (χ2v) is 9.50. The van der Waals surface area contributed by atoms with E-state index in [-0.39, 0.29) is 23.9 Å². The number of rotatable bonds is 5. The normalized spacial score (nSPS) is 19.5. The van der Waals surface area contributed by atoms with E-state index in [1.165, 1.54) is 24.8 Å². The van der Waals surface area contributed by atoms with Gasteiger partial charge < -0.3 is 24.6 Å². The number of likely N-dealkylation sites (tertiary alicyclic amines) is 1. The molecule has 0 saturated carbocycles. The maximum Gasteiger partial charge on any atom is 0.410 e. The largest absolute Gasteiger partial charge is 0.444 e. The number of piperazine rings is 1. The number of fused-ring (bicyclic) bond motifs is 3. The van der Waals surface area contributed by atoms with E-state index in [2.05, 4.69) is 29.9 Å². The van der Waals surface area contributed by atoms with E-state index < -0.39 is 12.2 Å². The van der Waals surface area contributed by atoms with E-state index >= 15 is 0 Å². The quantitative estimate of drug-likeness (QED) is 0.575. The molecular weight excluding hydrogens is 460 g/mol. The highest BCUT2D eigenvalue weighted by Gasteiger charge is 2.47. The topological polar surface area (TPSA) is 106 Å². The fourth-order valence-electron chi connectivity index (χ4n) is 4.46. The molecule has 184 valence electrons. The predicted molar refractivity (Wildman–Crippen MR) is 124 cm³/mol. The van der Waals surface area contributed by atoms with Crippen LogP contribution in [0.15, 0.2) is 36.9 Å². The number of carbonyl (C=O) groups is 1. The van der Waals surface area contributed by atoms with Gasteiger partial charge in [-0.15, -0.1) is 0 Å². The van der Waals surface area contributed by atoms with Crippen molar-refractivity contribution in [1.29, 1.82) is 0 Å². The van der Waals surface area contributed by atoms with Gasteiger partial charge in [-0.1, -0.05) is 0 Å². The molecule has 1 N–H and O–H groups in total. The van der Waals surface area contributed by atoms with Crippen LogP contribution in [-0.2, 0) is 4.74 Å². The van der Waals surface area contributed by atoms with Crippen LogP contribution in [0.1, 0.15) is 27.2 Å². The minimum Gasteiger partial charge on any atom is -0.444 e. The Hall–Kier alpha value is -3.83. The molecule has 2 fully saturated rings. The Morgan fingerprint density at radius 1 is 1.17 bits per heavy atom. The zero-order chi connectivity index (χ0) is 24.7. The summed E-state index contributed by atoms with van der Waals surface area (Å²) in [5.74, 6) is 1.09. The standard InChI is InChI=1S/C23H25F2N7O3/c1-23(2,3)35-22(33)32-11-14-7-15(32)10-31(14)18-5-4-17-19(30-18)20(28-12-27-17)29-13-6-16(9-26-8-13)34-21(24)25/h4-6,8-9,12,14-15,21H,7,10-11H2,1-3H3,(H,27,28,29)/t14-,15-/m0/s1. The molecule has 3 aromatic rings. The van der Waals surface area contributed by atoms with Crippen molar-refractivity contribution in [2.45, 2.75) is 51.5 Å². The molecule has 3 aromatic heterocycles. The van der Waals surface area contributed by atoms with Gasteiger partial charge >= 0.3 is 12.7 Å². The zero-order valence-corrected chi connectivity index (χ0v) is 19.5. The van der Waals surface area contributed by atoms with Gasteiger partial charge in [0.15, 0.2) is 5.82 Å². The number of carbonyl (C=O) groups excluding carboxylic acids is 1. The molecule has 2 aliphatic heterocycles. The highest BCUT2D eigenvalue weighted by molar-refractivity contribution is 5.88. The fourth-order valence-corrected chi connectivity index (χ4v) is 4.46. The third kappa shape index (κ3) is 4.86. The van der Waals surface area contributed by atoms with Crippen LogP contribution in [-0.4, -0.2) is 68.3 Å². The van der Waals surface area contributed by atoms with E-state index in [1.807, 2.05) is 32.9 Å². The minimum atomic E-state index is -2.95. The Balaban J connectivity index is 1.36. The van der Waals surface area contributed by atoms with Crippen LogP contribution < -0.4 is 15.0 Å². The Morgan fingerprint density at radius 2 is 2.00 bits per heavy atom. The van der Waals surface area contributed by atoms with Crippen molar-refractivity contribution in [2.75, 3.05) is 23.3 Å². The summed E-state index contributed by atoms with van der Waals surface area (Å²) in [6, 6.07) is 5.35. The van der Waals surface area contributed by atoms with Gasteiger partial charge in [0.1, 0.15) is 29.0 Å². The van der Waals surface area contributed by atoms with Crippen molar-refractivity contribution < 1.29 is 23.0 Å². The van der Waals surface area contributed by atoms with E-state index in [0.29, 0.717) is 35.6 Å². The second-order valence-electron chi connectivity index (χ2n) is 9.50. The van der Waals surface area contributed by atoms with Crippen LogP contribution in [0.2, 0.25) is 0 Å². The highest BCUT2D eigenvalue weighted by atomic mass is 19.3. The van der Waals surface area contributed by atoms with E-state index in [4.69, 9.17) is 9.72 Å². The molecule has 2 saturated heterocycles. The molecule has 0 aliphatic carbocycles. The van der Waals surface area contributed by atoms with Gasteiger partial charge in [-0.05, 0) is 39.3 Å². The average molecular weight is 485 g/mol. The average Bonchev–Trinajstić information content (AvgIpc) is 3.39. The Morgan fingerprint density at radius 3 is 2.71 bits per heavy atom. The van der Waals surface area contributed by atoms with Crippen LogP contribution in [0.3, 0.4) is 0 Å². The summed E-state index contributed by atoms with van der Waals surface area (Å²) in [7, 11) is 0. The zero-order valence-electron chi connectivity index (χ0n) is 19.5. The van der Waals surface area contributed by atoms with Crippen molar-refractivity contribution in [2.24, 2.45) is 0 Å². The SMILES string of the molecule is CC(C)(C)OC(=O)N1C[C@@H]2C[C@H]1CN2c1ccc2ncnc(Nc3cncc(OC(F)F)c3)c2n1. The lowest BCUT2D eigenvalue weighted by Crippen LogP contribution is -2.50. The fraction of sp³-hybridized carbons (Fsp3) is 0.435. The van der Waals surface area contributed by atoms with Gasteiger partial charge in [0.25, 0.3) is 0 Å². The summed E-state index contributed by atoms with van der Waals surface area (Å²) in [5.41, 5.74) is 1.03. The first-order chi connectivity index (χ1) is 16.7. The van der Waals surface area contributed by atoms with E-state index in [0.717, 1.165) is 12.2 Å². The van der Waals surface area contributed by atoms with Gasteiger partial charge in [-0.2, -0.15) is 8.78 Å². The lowest BCUT2D eigenvalue weighted by molar-refractivity contribution is -0.0500. The van der Waals surface area contributed by atoms with E-state index in [1.54, 1.807) is 4.90 Å². The number of hydrogen-bond donors (Lipinski definition) is 1. The van der Waals surface area contributed by atoms with Crippen LogP contribution in [0.25, 0.3) is 11.0 Å². The number of halogens is 2. The lowest BCUT2D eigenvalue weighted by atomic mass is 10.2. The first-order valence-electron chi connectivity index (χ1n) is 11.2. The number of pyridine rings is 2. The molecule has 1 amide bonds. The van der Waals surface area contributed by atoms with Crippen LogP contribution >= 0.6 is 0 Å². The molecule has 10 nitrogen and oxygen atoms in total. The van der Waals surface area contributed by atoms with Crippen molar-refractivity contribution in [3.05, 3.63) is 36.9 Å². The molecule has 5 rings (SSSR count). The molecule has 35 heavy (non-hydrogen) atoms. The maximum atomic E-state index is 12.6. The van der Waals surface area contributed by atoms with Crippen LogP contribution in [0.5, 0.6) is 5.75 Å². The maximum absolute atomic E-state index is 12.6. The van der Waals surface area contributed by atoms with E-state index in [9.17, 15) is 13.6 Å². The Bertz CT molecular complexity index is 1250. The first-order valence-corrected chi connectivity index (χ1v) is 11.2. The highest BCUT2D eigenvalue weighted by Crippen LogP contribution is 2.36. The summed E-state index contributed by atoms with van der Waals surface area (Å²) >= 11 is 0. The van der Waals surface area contributed by atoms with Gasteiger partial charge in [0.05, 0.1) is 35.7 Å². The Kier molecular flexibility index (Phi) is 5.73. The molecule has 0 radical (unpaired) electrons. The lowest BCUT2D eigenvalue weighted by Gasteiger charge is -2.35. The summed E-state index contributed by atoms with van der Waals surface area (Å²) in [6.07, 6.45) is 4.63. The molecule has 2 atom stereocenters. The predicted octanol–water partition coefficient (Wildman–Crippen LogP) is 3.96. The number of nitrogens with zero attached hydrogens (tertiary/aromatic N) is 6. The number of alkyl halides is 2. The van der Waals surface area contributed by atoms with Crippen molar-refractivity contribution in [1.82, 2.24) is 24.8 Å². The van der Waals surface area contributed by atoms with Crippen LogP contribution in [0, 0.1) is 0 Å². The molecule has 0 spiro atoms.